The number of para-hydroxylation sites is 1. The van der Waals surface area contributed by atoms with Crippen LogP contribution >= 0.6 is 0 Å². The third-order valence-electron chi connectivity index (χ3n) is 4.68. The standard InChI is InChI=1S/C19H25N3O5S/c1-21(14-15-5-4-6-17(25-2)19(15)26-3)18-8-7-16(13-20-18)28(23,24)22-9-11-27-12-10-22/h4-8,13H,9-12,14H2,1-3H3/p+1. The summed E-state index contributed by atoms with van der Waals surface area (Å²) in [7, 11) is 1.62. The van der Waals surface area contributed by atoms with Gasteiger partial charge in [-0.2, -0.15) is 4.31 Å². The smallest absolute Gasteiger partial charge is 0.274 e. The van der Waals surface area contributed by atoms with E-state index < -0.39 is 10.0 Å². The molecule has 2 aromatic rings. The third kappa shape index (κ3) is 4.21. The summed E-state index contributed by atoms with van der Waals surface area (Å²) in [6.45, 7) is 2.16. The van der Waals surface area contributed by atoms with Crippen molar-refractivity contribution in [1.82, 2.24) is 4.31 Å². The summed E-state index contributed by atoms with van der Waals surface area (Å²) in [6, 6.07) is 9.11. The number of methoxy groups -OCH3 is 2. The van der Waals surface area contributed by atoms with Gasteiger partial charge in [0.15, 0.2) is 11.5 Å². The fourth-order valence-electron chi connectivity index (χ4n) is 3.16. The number of rotatable bonds is 7. The molecule has 9 heteroatoms. The molecule has 0 unspecified atom stereocenters. The number of aromatic amines is 1. The number of aromatic nitrogens is 1. The highest BCUT2D eigenvalue weighted by atomic mass is 32.2. The van der Waals surface area contributed by atoms with E-state index in [2.05, 4.69) is 4.98 Å². The summed E-state index contributed by atoms with van der Waals surface area (Å²) >= 11 is 0. The number of nitrogens with one attached hydrogen (secondary N) is 1. The summed E-state index contributed by atoms with van der Waals surface area (Å²) in [5.74, 6) is 2.14. The Morgan fingerprint density at radius 3 is 2.50 bits per heavy atom. The van der Waals surface area contributed by atoms with Crippen LogP contribution in [0.25, 0.3) is 0 Å². The summed E-state index contributed by atoms with van der Waals surface area (Å²) in [5, 5.41) is 0. The van der Waals surface area contributed by atoms with Gasteiger partial charge in [-0.1, -0.05) is 12.1 Å². The van der Waals surface area contributed by atoms with E-state index in [1.54, 1.807) is 26.4 Å². The topological polar surface area (TPSA) is 82.5 Å². The molecule has 1 aliphatic rings. The molecule has 0 aliphatic carbocycles. The fraction of sp³-hybridized carbons (Fsp3) is 0.421. The largest absolute Gasteiger partial charge is 0.493 e. The van der Waals surface area contributed by atoms with Crippen LogP contribution in [-0.2, 0) is 21.3 Å². The van der Waals surface area contributed by atoms with Gasteiger partial charge in [0, 0.05) is 24.7 Å². The molecular formula is C19H26N3O5S+. The molecule has 152 valence electrons. The van der Waals surface area contributed by atoms with Gasteiger partial charge in [0.25, 0.3) is 5.82 Å². The number of hydrogen-bond acceptors (Lipinski definition) is 6. The predicted octanol–water partition coefficient (Wildman–Crippen LogP) is 1.18. The number of nitrogens with zero attached hydrogens (tertiary/aromatic N) is 2. The predicted molar refractivity (Wildman–Crippen MR) is 104 cm³/mol. The van der Waals surface area contributed by atoms with Crippen LogP contribution < -0.4 is 19.4 Å². The van der Waals surface area contributed by atoms with Gasteiger partial charge in [-0.25, -0.2) is 13.4 Å². The van der Waals surface area contributed by atoms with E-state index in [1.165, 1.54) is 10.5 Å². The highest BCUT2D eigenvalue weighted by molar-refractivity contribution is 7.89. The summed E-state index contributed by atoms with van der Waals surface area (Å²) < 4.78 is 42.9. The van der Waals surface area contributed by atoms with Gasteiger partial charge in [-0.15, -0.1) is 0 Å². The van der Waals surface area contributed by atoms with E-state index in [9.17, 15) is 8.42 Å². The Hall–Kier alpha value is -2.36. The lowest BCUT2D eigenvalue weighted by molar-refractivity contribution is -0.367. The second kappa shape index (κ2) is 8.76. The van der Waals surface area contributed by atoms with Crippen LogP contribution in [0.5, 0.6) is 11.5 Å². The Labute approximate surface area is 165 Å². The molecule has 8 nitrogen and oxygen atoms in total. The van der Waals surface area contributed by atoms with Gasteiger partial charge in [0.1, 0.15) is 17.6 Å². The minimum absolute atomic E-state index is 0.241. The first-order chi connectivity index (χ1) is 13.5. The van der Waals surface area contributed by atoms with Crippen LogP contribution in [0.15, 0.2) is 41.4 Å². The van der Waals surface area contributed by atoms with E-state index in [-0.39, 0.29) is 4.90 Å². The molecule has 28 heavy (non-hydrogen) atoms. The highest BCUT2D eigenvalue weighted by Gasteiger charge is 2.27. The Balaban J connectivity index is 1.76. The number of benzene rings is 1. The van der Waals surface area contributed by atoms with Crippen LogP contribution in [0.1, 0.15) is 5.56 Å². The molecule has 0 amide bonds. The maximum absolute atomic E-state index is 12.7. The van der Waals surface area contributed by atoms with Gasteiger partial charge in [-0.05, 0) is 12.1 Å². The lowest BCUT2D eigenvalue weighted by Crippen LogP contribution is -2.41. The zero-order valence-corrected chi connectivity index (χ0v) is 17.2. The van der Waals surface area contributed by atoms with Gasteiger partial charge in [0.05, 0.1) is 34.5 Å². The molecule has 1 fully saturated rings. The molecule has 2 heterocycles. The number of morpholine rings is 1. The van der Waals surface area contributed by atoms with Gasteiger partial charge in [0.2, 0.25) is 10.0 Å². The normalized spacial score (nSPS) is 15.2. The molecule has 1 aromatic heterocycles. The number of anilines is 1. The van der Waals surface area contributed by atoms with Crippen molar-refractivity contribution in [3.8, 4) is 11.5 Å². The van der Waals surface area contributed by atoms with Crippen molar-refractivity contribution in [3.05, 3.63) is 42.1 Å². The SMILES string of the molecule is COc1cccc(CN(C)c2ccc(S(=O)(=O)N3CCOCC3)c[nH+]2)c1OC. The molecule has 0 spiro atoms. The molecule has 1 saturated heterocycles. The number of hydrogen-bond donors (Lipinski definition) is 0. The molecule has 0 atom stereocenters. The molecule has 0 radical (unpaired) electrons. The molecular weight excluding hydrogens is 382 g/mol. The van der Waals surface area contributed by atoms with Crippen LogP contribution in [0.3, 0.4) is 0 Å². The molecule has 1 aliphatic heterocycles. The quantitative estimate of drug-likeness (QED) is 0.684. The lowest BCUT2D eigenvalue weighted by Gasteiger charge is -2.25. The van der Waals surface area contributed by atoms with Crippen molar-refractivity contribution in [2.75, 3.05) is 52.5 Å². The van der Waals surface area contributed by atoms with E-state index in [0.717, 1.165) is 11.4 Å². The van der Waals surface area contributed by atoms with Crippen molar-refractivity contribution < 1.29 is 27.6 Å². The van der Waals surface area contributed by atoms with E-state index in [4.69, 9.17) is 14.2 Å². The number of ether oxygens (including phenoxy) is 3. The first-order valence-electron chi connectivity index (χ1n) is 8.98. The van der Waals surface area contributed by atoms with Gasteiger partial charge >= 0.3 is 0 Å². The molecule has 0 saturated carbocycles. The number of pyridine rings is 1. The van der Waals surface area contributed by atoms with Gasteiger partial charge < -0.3 is 14.2 Å². The monoisotopic (exact) mass is 408 g/mol. The van der Waals surface area contributed by atoms with Crippen LogP contribution in [0.2, 0.25) is 0 Å². The van der Waals surface area contributed by atoms with E-state index in [0.29, 0.717) is 44.3 Å². The molecule has 3 rings (SSSR count). The van der Waals surface area contributed by atoms with Gasteiger partial charge in [-0.3, -0.25) is 4.90 Å². The Bertz CT molecular complexity index is 896. The minimum atomic E-state index is -3.52. The Morgan fingerprint density at radius 2 is 1.89 bits per heavy atom. The average molecular weight is 409 g/mol. The Morgan fingerprint density at radius 1 is 1.14 bits per heavy atom. The van der Waals surface area contributed by atoms with E-state index >= 15 is 0 Å². The third-order valence-corrected chi connectivity index (χ3v) is 6.57. The average Bonchev–Trinajstić information content (AvgIpc) is 2.74. The fourth-order valence-corrected chi connectivity index (χ4v) is 4.53. The first-order valence-corrected chi connectivity index (χ1v) is 10.4. The lowest BCUT2D eigenvalue weighted by atomic mass is 10.1. The van der Waals surface area contributed by atoms with Crippen molar-refractivity contribution >= 4 is 15.8 Å². The number of sulfonamides is 1. The van der Waals surface area contributed by atoms with Crippen molar-refractivity contribution in [2.45, 2.75) is 11.4 Å². The zero-order valence-electron chi connectivity index (χ0n) is 16.3. The molecule has 1 N–H and O–H groups in total. The second-order valence-corrected chi connectivity index (χ2v) is 8.37. The van der Waals surface area contributed by atoms with Crippen molar-refractivity contribution in [2.24, 2.45) is 0 Å². The van der Waals surface area contributed by atoms with Crippen LogP contribution in [0.4, 0.5) is 5.82 Å². The minimum Gasteiger partial charge on any atom is -0.493 e. The van der Waals surface area contributed by atoms with Crippen molar-refractivity contribution in [1.29, 1.82) is 0 Å². The Kier molecular flexibility index (Phi) is 6.38. The van der Waals surface area contributed by atoms with Crippen molar-refractivity contribution in [3.63, 3.8) is 0 Å². The zero-order chi connectivity index (χ0) is 20.1. The summed E-state index contributed by atoms with van der Waals surface area (Å²) in [5.41, 5.74) is 0.961. The number of H-pyrrole nitrogens is 1. The molecule has 1 aromatic carbocycles. The summed E-state index contributed by atoms with van der Waals surface area (Å²) in [6.07, 6.45) is 1.53. The maximum Gasteiger partial charge on any atom is 0.274 e. The highest BCUT2D eigenvalue weighted by Crippen LogP contribution is 2.31. The first kappa shape index (κ1) is 20.4. The maximum atomic E-state index is 12.7. The summed E-state index contributed by atoms with van der Waals surface area (Å²) in [4.78, 5) is 5.30. The van der Waals surface area contributed by atoms with E-state index in [1.807, 2.05) is 30.1 Å². The van der Waals surface area contributed by atoms with Crippen LogP contribution in [0, 0.1) is 0 Å². The van der Waals surface area contributed by atoms with Crippen LogP contribution in [-0.4, -0.2) is 60.3 Å². The molecule has 0 bridgehead atoms. The second-order valence-electron chi connectivity index (χ2n) is 6.43.